The molecule has 4 heteroatoms. The Hall–Kier alpha value is -17.1. The van der Waals surface area contributed by atoms with Crippen molar-refractivity contribution in [1.29, 1.82) is 0 Å². The molecular formula is C136H98N2Si2. The third-order valence-electron chi connectivity index (χ3n) is 29.8. The highest BCUT2D eigenvalue weighted by atomic mass is 28.3. The Kier molecular flexibility index (Phi) is 21.3. The van der Waals surface area contributed by atoms with Gasteiger partial charge in [-0.2, -0.15) is 0 Å². The largest absolute Gasteiger partial charge is 0.316 e. The summed E-state index contributed by atoms with van der Waals surface area (Å²) in [6, 6.07) is 188. The van der Waals surface area contributed by atoms with Crippen molar-refractivity contribution in [3.05, 3.63) is 522 Å². The van der Waals surface area contributed by atoms with Crippen molar-refractivity contribution in [2.24, 2.45) is 0 Å². The van der Waals surface area contributed by atoms with Gasteiger partial charge in [-0.15, -0.1) is 0 Å². The minimum absolute atomic E-state index is 1.20. The van der Waals surface area contributed by atoms with Gasteiger partial charge in [0.05, 0.1) is 11.0 Å². The van der Waals surface area contributed by atoms with Gasteiger partial charge in [0.1, 0.15) is 16.1 Å². The normalized spacial score (nSPS) is 12.5. The van der Waals surface area contributed by atoms with Crippen LogP contribution >= 0.6 is 0 Å². The molecule has 0 spiro atoms. The van der Waals surface area contributed by atoms with E-state index in [0.717, 1.165) is 0 Å². The van der Waals surface area contributed by atoms with E-state index in [-0.39, 0.29) is 0 Å². The van der Waals surface area contributed by atoms with Crippen LogP contribution in [0, 0.1) is 0 Å². The summed E-state index contributed by atoms with van der Waals surface area (Å²) in [5, 5.41) is 13.6. The third-order valence-corrected chi connectivity index (χ3v) is 36.9. The van der Waals surface area contributed by atoms with Gasteiger partial charge in [-0.3, -0.25) is 0 Å². The molecule has 0 atom stereocenters. The van der Waals surface area contributed by atoms with Crippen LogP contribution < -0.4 is 20.7 Å². The van der Waals surface area contributed by atoms with E-state index >= 15 is 0 Å². The van der Waals surface area contributed by atoms with Gasteiger partial charge in [0.15, 0.2) is 0 Å². The van der Waals surface area contributed by atoms with E-state index in [1.54, 1.807) is 0 Å². The van der Waals surface area contributed by atoms with Gasteiger partial charge in [-0.1, -0.05) is 487 Å². The number of nitrogens with zero attached hydrogens (tertiary/aromatic N) is 2. The number of hydrogen-bond donors (Lipinski definition) is 0. The second kappa shape index (κ2) is 35.2. The van der Waals surface area contributed by atoms with E-state index in [1.165, 1.54) is 254 Å². The minimum atomic E-state index is -2.03. The predicted octanol–water partition coefficient (Wildman–Crippen LogP) is 34.5. The molecule has 0 amide bonds. The van der Waals surface area contributed by atoms with E-state index < -0.39 is 16.1 Å². The van der Waals surface area contributed by atoms with Gasteiger partial charge in [0.25, 0.3) is 0 Å². The molecule has 2 aromatic heterocycles. The van der Waals surface area contributed by atoms with Crippen LogP contribution in [0.4, 0.5) is 0 Å². The molecule has 22 aromatic carbocycles. The fraction of sp³-hybridized carbons (Fsp3) is 0.0294. The van der Waals surface area contributed by atoms with E-state index in [4.69, 9.17) is 0 Å². The average Bonchev–Trinajstić information content (AvgIpc) is 1.57. The van der Waals surface area contributed by atoms with E-state index in [2.05, 4.69) is 557 Å². The first-order valence-corrected chi connectivity index (χ1v) is 54.8. The van der Waals surface area contributed by atoms with Crippen LogP contribution in [-0.2, 0) is 0 Å². The molecule has 2 aliphatic heterocycles. The van der Waals surface area contributed by atoms with Crippen LogP contribution in [0.3, 0.4) is 0 Å². The first-order chi connectivity index (χ1) is 68.8. The highest BCUT2D eigenvalue weighted by Crippen LogP contribution is 2.45. The van der Waals surface area contributed by atoms with Gasteiger partial charge in [-0.25, -0.2) is 0 Å². The van der Waals surface area contributed by atoms with Gasteiger partial charge in [0.2, 0.25) is 0 Å². The molecule has 4 heterocycles. The maximum atomic E-state index is 2.52. The molecule has 0 unspecified atom stereocenters. The quantitative estimate of drug-likeness (QED) is 0.0854. The third kappa shape index (κ3) is 15.5. The number of fused-ring (bicyclic) bond motifs is 10. The molecule has 2 aliphatic rings. The van der Waals surface area contributed by atoms with E-state index in [9.17, 15) is 0 Å². The zero-order valence-electron chi connectivity index (χ0n) is 78.5. The molecule has 0 aliphatic carbocycles. The second-order valence-electron chi connectivity index (χ2n) is 38.7. The number of hydrogen-bond acceptors (Lipinski definition) is 0. The van der Waals surface area contributed by atoms with Gasteiger partial charge in [0, 0.05) is 45.7 Å². The van der Waals surface area contributed by atoms with Crippen molar-refractivity contribution in [2.75, 3.05) is 0 Å². The molecular weight excluding hydrogens is 1720 g/mol. The zero-order chi connectivity index (χ0) is 93.5. The summed E-state index contributed by atoms with van der Waals surface area (Å²) in [6.07, 6.45) is 4.74. The lowest BCUT2D eigenvalue weighted by atomic mass is 9.94. The van der Waals surface area contributed by atoms with E-state index in [1.807, 2.05) is 0 Å². The number of benzene rings is 22. The second-order valence-corrected chi connectivity index (χ2v) is 47.3. The van der Waals surface area contributed by atoms with Crippen molar-refractivity contribution in [2.45, 2.75) is 26.2 Å². The van der Waals surface area contributed by atoms with Crippen molar-refractivity contribution in [3.8, 4) is 189 Å². The lowest BCUT2D eigenvalue weighted by Crippen LogP contribution is -2.49. The molecule has 660 valence electrons. The summed E-state index contributed by atoms with van der Waals surface area (Å²) < 4.78 is 4.86. The molecule has 0 bridgehead atoms. The van der Waals surface area contributed by atoms with Crippen LogP contribution in [0.1, 0.15) is 0 Å². The topological polar surface area (TPSA) is 9.86 Å². The van der Waals surface area contributed by atoms with Crippen LogP contribution in [0.5, 0.6) is 0 Å². The van der Waals surface area contributed by atoms with E-state index in [0.29, 0.717) is 0 Å². The maximum Gasteiger partial charge on any atom is 0.113 e. The minimum Gasteiger partial charge on any atom is -0.316 e. The molecule has 140 heavy (non-hydrogen) atoms. The lowest BCUT2D eigenvalue weighted by molar-refractivity contribution is 1.13. The van der Waals surface area contributed by atoms with Crippen LogP contribution in [-0.4, -0.2) is 25.3 Å². The molecule has 0 N–H and O–H groups in total. The summed E-state index contributed by atoms with van der Waals surface area (Å²) in [5.74, 6) is 0. The van der Waals surface area contributed by atoms with Crippen molar-refractivity contribution in [1.82, 2.24) is 9.13 Å². The van der Waals surface area contributed by atoms with Crippen LogP contribution in [0.25, 0.3) is 233 Å². The summed E-state index contributed by atoms with van der Waals surface area (Å²) in [4.78, 5) is 0. The maximum absolute atomic E-state index is 2.52. The first-order valence-electron chi connectivity index (χ1n) is 48.8. The molecule has 26 rings (SSSR count). The van der Waals surface area contributed by atoms with Crippen molar-refractivity contribution < 1.29 is 0 Å². The monoisotopic (exact) mass is 1810 g/mol. The molecule has 2 nitrogen and oxygen atoms in total. The Balaban J connectivity index is 0.000000149. The standard InChI is InChI=1S/C72H51NSi.C64H47NSi/c1-74(2)71-45-60(48-12-4-3-5-13-48)38-41-66(71)67-42-40-61(46-72(67)74)73-47-69(58-36-30-52(31-37-58)51-28-34-57(35-29-51)65-21-11-17-55-15-7-9-19-63(55)65)68-44-59(39-43-70(68)73)53-24-22-49(23-25-53)50-26-32-56(33-27-50)64-20-10-16-54-14-6-8-18-62(54)64;1-66(2)63-41-56(46-16-10-5-11-17-46)34-37-58(63)59-38-36-57(42-64(59)66)65-43-61(54-32-30-52(31-33-54)50-24-20-48(21-25-50)45-14-8-4-9-15-45)60-40-55(35-39-62(60)65)53-28-26-51(27-29-53)49-22-18-47(19-23-49)44-12-6-3-7-13-44/h3-47H,1-2H3;3-43H,1-2H3. The van der Waals surface area contributed by atoms with Crippen molar-refractivity contribution in [3.63, 3.8) is 0 Å². The molecule has 24 aromatic rings. The Labute approximate surface area is 820 Å². The summed E-state index contributed by atoms with van der Waals surface area (Å²) in [5.41, 5.74) is 44.7. The smallest absolute Gasteiger partial charge is 0.113 e. The van der Waals surface area contributed by atoms with Gasteiger partial charge >= 0.3 is 0 Å². The fourth-order valence-electron chi connectivity index (χ4n) is 22.1. The number of aromatic nitrogens is 2. The lowest BCUT2D eigenvalue weighted by Gasteiger charge is -2.20. The van der Waals surface area contributed by atoms with Gasteiger partial charge in [-0.05, 0) is 258 Å². The molecule has 0 radical (unpaired) electrons. The fourth-order valence-corrected chi connectivity index (χ4v) is 28.3. The zero-order valence-corrected chi connectivity index (χ0v) is 80.5. The Morgan fingerprint density at radius 3 is 0.643 bits per heavy atom. The molecule has 0 saturated carbocycles. The Morgan fingerprint density at radius 2 is 0.343 bits per heavy atom. The Bertz CT molecular complexity index is 8830. The van der Waals surface area contributed by atoms with Gasteiger partial charge < -0.3 is 9.13 Å². The highest BCUT2D eigenvalue weighted by molar-refractivity contribution is 7.04. The SMILES string of the molecule is C[Si]1(C)c2cc(-c3ccccc3)ccc2-c2ccc(-n3cc(-c4ccc(-c5ccc(-c6cccc7ccccc67)cc5)cc4)c4cc(-c5ccc(-c6ccc(-c7cccc8ccccc78)cc6)cc5)ccc43)cc21.C[Si]1(C)c2cc(-c3ccccc3)ccc2-c2ccc(-n3cc(-c4ccc(-c5ccc(-c6ccccc6)cc5)cc4)c4cc(-c5ccc(-c6ccc(-c7ccccc7)cc6)cc5)ccc43)cc21. The highest BCUT2D eigenvalue weighted by Gasteiger charge is 2.40. The Morgan fingerprint density at radius 1 is 0.136 bits per heavy atom. The summed E-state index contributed by atoms with van der Waals surface area (Å²) in [7, 11) is -4.04. The van der Waals surface area contributed by atoms with Crippen molar-refractivity contribution >= 4 is 80.2 Å². The number of rotatable bonds is 16. The van der Waals surface area contributed by atoms with Crippen LogP contribution in [0.15, 0.2) is 522 Å². The summed E-state index contributed by atoms with van der Waals surface area (Å²) >= 11 is 0. The molecule has 0 fully saturated rings. The summed E-state index contributed by atoms with van der Waals surface area (Å²) in [6.45, 7) is 10.1. The average molecular weight is 1820 g/mol. The van der Waals surface area contributed by atoms with Crippen LogP contribution in [0.2, 0.25) is 26.2 Å². The molecule has 0 saturated heterocycles. The predicted molar refractivity (Wildman–Crippen MR) is 602 cm³/mol. The first kappa shape index (κ1) is 84.6.